The second kappa shape index (κ2) is 10.1. The van der Waals surface area contributed by atoms with Crippen molar-refractivity contribution >= 4 is 16.1 Å². The Morgan fingerprint density at radius 3 is 2.08 bits per heavy atom. The summed E-state index contributed by atoms with van der Waals surface area (Å²) in [5.74, 6) is -0.234. The lowest BCUT2D eigenvalue weighted by Crippen LogP contribution is -2.36. The zero-order valence-corrected chi connectivity index (χ0v) is 15.9. The number of hydrogen-bond donors (Lipinski definition) is 2. The third-order valence-electron chi connectivity index (χ3n) is 3.59. The van der Waals surface area contributed by atoms with Gasteiger partial charge in [0.05, 0.1) is 4.90 Å². The van der Waals surface area contributed by atoms with Crippen LogP contribution in [-0.4, -0.2) is 25.0 Å². The maximum absolute atomic E-state index is 11.4. The SMILES string of the molecule is CC(C)[C@H](N)C(=O)OCc1ccccc1.Cc1ccccc1S(=O)(=O)O. The van der Waals surface area contributed by atoms with Crippen LogP contribution >= 0.6 is 0 Å². The van der Waals surface area contributed by atoms with E-state index < -0.39 is 16.2 Å². The third-order valence-corrected chi connectivity index (χ3v) is 4.60. The first-order valence-corrected chi connectivity index (χ1v) is 9.56. The molecule has 0 amide bonds. The van der Waals surface area contributed by atoms with Gasteiger partial charge in [0.1, 0.15) is 12.6 Å². The van der Waals surface area contributed by atoms with Crippen molar-refractivity contribution in [2.45, 2.75) is 38.3 Å². The summed E-state index contributed by atoms with van der Waals surface area (Å²) in [6, 6.07) is 15.3. The van der Waals surface area contributed by atoms with Gasteiger partial charge in [0.25, 0.3) is 10.1 Å². The second-order valence-electron chi connectivity index (χ2n) is 6.10. The molecule has 1 atom stereocenters. The number of carbonyl (C=O) groups is 1. The zero-order chi connectivity index (χ0) is 19.7. The number of aryl methyl sites for hydroxylation is 1. The molecule has 0 bridgehead atoms. The molecule has 0 unspecified atom stereocenters. The van der Waals surface area contributed by atoms with Crippen molar-refractivity contribution in [2.75, 3.05) is 0 Å². The molecule has 2 aromatic carbocycles. The van der Waals surface area contributed by atoms with Crippen molar-refractivity contribution in [1.29, 1.82) is 0 Å². The molecular formula is C19H25NO5S. The van der Waals surface area contributed by atoms with Crippen LogP contribution in [-0.2, 0) is 26.3 Å². The molecule has 0 radical (unpaired) electrons. The summed E-state index contributed by atoms with van der Waals surface area (Å²) < 4.78 is 34.9. The van der Waals surface area contributed by atoms with E-state index in [1.165, 1.54) is 6.07 Å². The monoisotopic (exact) mass is 379 g/mol. The highest BCUT2D eigenvalue weighted by Crippen LogP contribution is 2.12. The van der Waals surface area contributed by atoms with Crippen LogP contribution in [0.2, 0.25) is 0 Å². The molecule has 7 heteroatoms. The normalized spacial score (nSPS) is 12.1. The van der Waals surface area contributed by atoms with E-state index in [4.69, 9.17) is 15.0 Å². The van der Waals surface area contributed by atoms with Crippen LogP contribution in [0.3, 0.4) is 0 Å². The highest BCUT2D eigenvalue weighted by Gasteiger charge is 2.18. The van der Waals surface area contributed by atoms with Crippen molar-refractivity contribution in [3.8, 4) is 0 Å². The molecule has 3 N–H and O–H groups in total. The maximum atomic E-state index is 11.4. The summed E-state index contributed by atoms with van der Waals surface area (Å²) in [6.45, 7) is 5.71. The third kappa shape index (κ3) is 7.35. The Kier molecular flexibility index (Phi) is 8.44. The minimum absolute atomic E-state index is 0.0278. The first-order chi connectivity index (χ1) is 12.1. The van der Waals surface area contributed by atoms with Gasteiger partial charge in [0.2, 0.25) is 0 Å². The molecule has 0 aromatic heterocycles. The van der Waals surface area contributed by atoms with E-state index in [0.29, 0.717) is 12.2 Å². The van der Waals surface area contributed by atoms with Gasteiger partial charge in [-0.1, -0.05) is 62.4 Å². The van der Waals surface area contributed by atoms with Gasteiger partial charge in [-0.2, -0.15) is 8.42 Å². The first kappa shape index (κ1) is 21.8. The van der Waals surface area contributed by atoms with Gasteiger partial charge in [0.15, 0.2) is 0 Å². The van der Waals surface area contributed by atoms with Crippen molar-refractivity contribution in [3.05, 3.63) is 65.7 Å². The molecular weight excluding hydrogens is 354 g/mol. The Morgan fingerprint density at radius 1 is 1.08 bits per heavy atom. The van der Waals surface area contributed by atoms with Crippen LogP contribution in [0.15, 0.2) is 59.5 Å². The average molecular weight is 379 g/mol. The first-order valence-electron chi connectivity index (χ1n) is 8.12. The summed E-state index contributed by atoms with van der Waals surface area (Å²) in [4.78, 5) is 11.4. The summed E-state index contributed by atoms with van der Waals surface area (Å²) in [5.41, 5.74) is 7.17. The van der Waals surface area contributed by atoms with E-state index in [1.807, 2.05) is 44.2 Å². The summed E-state index contributed by atoms with van der Waals surface area (Å²) in [5, 5.41) is 0. The van der Waals surface area contributed by atoms with Gasteiger partial charge in [-0.25, -0.2) is 0 Å². The molecule has 2 rings (SSSR count). The van der Waals surface area contributed by atoms with E-state index >= 15 is 0 Å². The van der Waals surface area contributed by atoms with Crippen LogP contribution in [0, 0.1) is 12.8 Å². The van der Waals surface area contributed by atoms with Gasteiger partial charge in [-0.15, -0.1) is 0 Å². The Hall–Kier alpha value is -2.22. The number of hydrogen-bond acceptors (Lipinski definition) is 5. The summed E-state index contributed by atoms with van der Waals surface area (Å²) in [6.07, 6.45) is 0. The lowest BCUT2D eigenvalue weighted by molar-refractivity contribution is -0.147. The maximum Gasteiger partial charge on any atom is 0.323 e. The molecule has 6 nitrogen and oxygen atoms in total. The Bertz CT molecular complexity index is 804. The molecule has 0 aliphatic rings. The molecule has 0 fully saturated rings. The minimum Gasteiger partial charge on any atom is -0.460 e. The largest absolute Gasteiger partial charge is 0.460 e. The molecule has 0 aliphatic heterocycles. The molecule has 0 saturated carbocycles. The van der Waals surface area contributed by atoms with Crippen LogP contribution in [0.5, 0.6) is 0 Å². The van der Waals surface area contributed by atoms with Gasteiger partial charge in [-0.3, -0.25) is 9.35 Å². The molecule has 0 aliphatic carbocycles. The predicted molar refractivity (Wildman–Crippen MR) is 100 cm³/mol. The van der Waals surface area contributed by atoms with Crippen LogP contribution < -0.4 is 5.73 Å². The zero-order valence-electron chi connectivity index (χ0n) is 15.1. The van der Waals surface area contributed by atoms with E-state index in [9.17, 15) is 13.2 Å². The predicted octanol–water partition coefficient (Wildman–Crippen LogP) is 2.95. The highest BCUT2D eigenvalue weighted by molar-refractivity contribution is 7.85. The van der Waals surface area contributed by atoms with Crippen LogP contribution in [0.25, 0.3) is 0 Å². The molecule has 0 saturated heterocycles. The van der Waals surface area contributed by atoms with Crippen molar-refractivity contribution in [3.63, 3.8) is 0 Å². The quantitative estimate of drug-likeness (QED) is 0.611. The highest BCUT2D eigenvalue weighted by atomic mass is 32.2. The number of carbonyl (C=O) groups excluding carboxylic acids is 1. The molecule has 2 aromatic rings. The van der Waals surface area contributed by atoms with Crippen LogP contribution in [0.1, 0.15) is 25.0 Å². The van der Waals surface area contributed by atoms with Crippen molar-refractivity contribution < 1.29 is 22.5 Å². The molecule has 26 heavy (non-hydrogen) atoms. The van der Waals surface area contributed by atoms with Gasteiger partial charge in [-0.05, 0) is 30.0 Å². The van der Waals surface area contributed by atoms with E-state index in [-0.39, 0.29) is 16.8 Å². The van der Waals surface area contributed by atoms with E-state index in [2.05, 4.69) is 0 Å². The Morgan fingerprint density at radius 2 is 1.62 bits per heavy atom. The Labute approximate surface area is 154 Å². The van der Waals surface area contributed by atoms with E-state index in [0.717, 1.165) is 5.56 Å². The summed E-state index contributed by atoms with van der Waals surface area (Å²) >= 11 is 0. The van der Waals surface area contributed by atoms with Crippen molar-refractivity contribution in [2.24, 2.45) is 11.7 Å². The lowest BCUT2D eigenvalue weighted by atomic mass is 10.1. The number of esters is 1. The molecule has 0 heterocycles. The Balaban J connectivity index is 0.000000273. The fraction of sp³-hybridized carbons (Fsp3) is 0.316. The van der Waals surface area contributed by atoms with Gasteiger partial charge >= 0.3 is 5.97 Å². The fourth-order valence-electron chi connectivity index (χ4n) is 1.94. The second-order valence-corrected chi connectivity index (χ2v) is 7.49. The molecule has 142 valence electrons. The summed E-state index contributed by atoms with van der Waals surface area (Å²) in [7, 11) is -4.03. The number of nitrogens with two attached hydrogens (primary N) is 1. The average Bonchev–Trinajstić information content (AvgIpc) is 2.59. The van der Waals surface area contributed by atoms with Gasteiger partial charge in [0, 0.05) is 0 Å². The topological polar surface area (TPSA) is 107 Å². The molecule has 0 spiro atoms. The van der Waals surface area contributed by atoms with E-state index in [1.54, 1.807) is 25.1 Å². The van der Waals surface area contributed by atoms with Crippen LogP contribution in [0.4, 0.5) is 0 Å². The van der Waals surface area contributed by atoms with Crippen molar-refractivity contribution in [1.82, 2.24) is 0 Å². The lowest BCUT2D eigenvalue weighted by Gasteiger charge is -2.14. The van der Waals surface area contributed by atoms with Gasteiger partial charge < -0.3 is 10.5 Å². The fourth-order valence-corrected chi connectivity index (χ4v) is 2.67. The smallest absolute Gasteiger partial charge is 0.323 e. The number of rotatable bonds is 5. The number of ether oxygens (including phenoxy) is 1. The standard InChI is InChI=1S/C12H17NO2.C7H8O3S/c1-9(2)11(13)12(14)15-8-10-6-4-3-5-7-10;1-6-4-2-3-5-7(6)11(8,9)10/h3-7,9,11H,8,13H2,1-2H3;2-5H,1H3,(H,8,9,10)/t11-;/m0./s1. The number of benzene rings is 2. The minimum atomic E-state index is -4.03.